The van der Waals surface area contributed by atoms with Gasteiger partial charge in [0, 0.05) is 18.2 Å². The van der Waals surface area contributed by atoms with Crippen LogP contribution in [0.1, 0.15) is 32.5 Å². The average Bonchev–Trinajstić information content (AvgIpc) is 2.84. The molecule has 0 fully saturated rings. The maximum absolute atomic E-state index is 5.96. The van der Waals surface area contributed by atoms with Crippen molar-refractivity contribution in [2.75, 3.05) is 6.61 Å². The highest BCUT2D eigenvalue weighted by molar-refractivity contribution is 5.57. The van der Waals surface area contributed by atoms with Gasteiger partial charge in [0.2, 0.25) is 0 Å². The van der Waals surface area contributed by atoms with Crippen molar-refractivity contribution < 1.29 is 4.74 Å². The van der Waals surface area contributed by atoms with Gasteiger partial charge in [0.15, 0.2) is 0 Å². The first kappa shape index (κ1) is 13.6. The first-order chi connectivity index (χ1) is 9.17. The monoisotopic (exact) mass is 259 g/mol. The molecule has 4 nitrogen and oxygen atoms in total. The molecule has 0 amide bonds. The first-order valence-corrected chi connectivity index (χ1v) is 6.71. The summed E-state index contributed by atoms with van der Waals surface area (Å²) in [5.41, 5.74) is 8.11. The number of rotatable bonds is 5. The molecule has 0 saturated carbocycles. The molecule has 102 valence electrons. The second-order valence-electron chi connectivity index (χ2n) is 4.50. The molecule has 4 heteroatoms. The number of hydrogen-bond donors (Lipinski definition) is 1. The lowest BCUT2D eigenvalue weighted by atomic mass is 10.2. The molecule has 19 heavy (non-hydrogen) atoms. The molecular formula is C15H21N3O. The van der Waals surface area contributed by atoms with Crippen LogP contribution in [0.4, 0.5) is 0 Å². The maximum Gasteiger partial charge on any atom is 0.140 e. The van der Waals surface area contributed by atoms with Crippen molar-refractivity contribution >= 4 is 0 Å². The molecule has 0 saturated heterocycles. The van der Waals surface area contributed by atoms with E-state index < -0.39 is 0 Å². The van der Waals surface area contributed by atoms with Crippen molar-refractivity contribution in [1.82, 2.24) is 9.55 Å². The van der Waals surface area contributed by atoms with Crippen LogP contribution in [0.3, 0.4) is 0 Å². The Morgan fingerprint density at radius 3 is 2.47 bits per heavy atom. The number of aromatic nitrogens is 2. The molecule has 0 aliphatic carbocycles. The van der Waals surface area contributed by atoms with Crippen molar-refractivity contribution in [3.05, 3.63) is 36.2 Å². The molecule has 0 aliphatic heterocycles. The van der Waals surface area contributed by atoms with Crippen molar-refractivity contribution in [2.45, 2.75) is 33.4 Å². The zero-order chi connectivity index (χ0) is 13.8. The van der Waals surface area contributed by atoms with Gasteiger partial charge in [-0.3, -0.25) is 0 Å². The molecule has 0 spiro atoms. The highest BCUT2D eigenvalue weighted by atomic mass is 16.5. The highest BCUT2D eigenvalue weighted by Crippen LogP contribution is 2.24. The van der Waals surface area contributed by atoms with Gasteiger partial charge in [-0.25, -0.2) is 4.98 Å². The number of benzene rings is 1. The second-order valence-corrected chi connectivity index (χ2v) is 4.50. The zero-order valence-electron chi connectivity index (χ0n) is 11.8. The Labute approximate surface area is 114 Å². The van der Waals surface area contributed by atoms with Gasteiger partial charge in [0.25, 0.3) is 0 Å². The van der Waals surface area contributed by atoms with Crippen LogP contribution < -0.4 is 10.5 Å². The Morgan fingerprint density at radius 1 is 1.26 bits per heavy atom. The lowest BCUT2D eigenvalue weighted by Crippen LogP contribution is -2.12. The fourth-order valence-corrected chi connectivity index (χ4v) is 2.18. The minimum atomic E-state index is -0.0103. The summed E-state index contributed by atoms with van der Waals surface area (Å²) in [4.78, 5) is 4.50. The van der Waals surface area contributed by atoms with Gasteiger partial charge >= 0.3 is 0 Å². The van der Waals surface area contributed by atoms with Gasteiger partial charge in [0.1, 0.15) is 11.6 Å². The Balaban J connectivity index is 2.36. The summed E-state index contributed by atoms with van der Waals surface area (Å²) in [6, 6.07) is 8.00. The van der Waals surface area contributed by atoms with Gasteiger partial charge in [-0.2, -0.15) is 0 Å². The van der Waals surface area contributed by atoms with Crippen molar-refractivity contribution in [3.63, 3.8) is 0 Å². The largest absolute Gasteiger partial charge is 0.494 e. The lowest BCUT2D eigenvalue weighted by Gasteiger charge is -2.12. The van der Waals surface area contributed by atoms with Crippen molar-refractivity contribution in [1.29, 1.82) is 0 Å². The fourth-order valence-electron chi connectivity index (χ4n) is 2.18. The molecular weight excluding hydrogens is 238 g/mol. The second kappa shape index (κ2) is 5.89. The third kappa shape index (κ3) is 2.79. The standard InChI is InChI=1S/C15H21N3O/c1-4-18-14(11(3)16)10-17-15(18)12-6-8-13(9-7-12)19-5-2/h6-11H,4-5,16H2,1-3H3. The minimum absolute atomic E-state index is 0.0103. The molecule has 1 unspecified atom stereocenters. The van der Waals surface area contributed by atoms with Gasteiger partial charge < -0.3 is 15.0 Å². The van der Waals surface area contributed by atoms with Crippen LogP contribution in [0.5, 0.6) is 5.75 Å². The summed E-state index contributed by atoms with van der Waals surface area (Å²) in [5, 5.41) is 0. The van der Waals surface area contributed by atoms with E-state index in [-0.39, 0.29) is 6.04 Å². The number of nitrogens with zero attached hydrogens (tertiary/aromatic N) is 2. The molecule has 1 heterocycles. The number of imidazole rings is 1. The zero-order valence-corrected chi connectivity index (χ0v) is 11.8. The van der Waals surface area contributed by atoms with E-state index in [1.54, 1.807) is 0 Å². The molecule has 0 bridgehead atoms. The Hall–Kier alpha value is -1.81. The van der Waals surface area contributed by atoms with Crippen LogP contribution in [0.2, 0.25) is 0 Å². The molecule has 2 rings (SSSR count). The number of hydrogen-bond acceptors (Lipinski definition) is 3. The summed E-state index contributed by atoms with van der Waals surface area (Å²) < 4.78 is 7.60. The predicted octanol–water partition coefficient (Wildman–Crippen LogP) is 2.99. The van der Waals surface area contributed by atoms with E-state index in [0.717, 1.165) is 29.4 Å². The molecule has 2 N–H and O–H groups in total. The quantitative estimate of drug-likeness (QED) is 0.898. The SMILES string of the molecule is CCOc1ccc(-c2ncc(C(C)N)n2CC)cc1. The summed E-state index contributed by atoms with van der Waals surface area (Å²) in [6.07, 6.45) is 1.86. The fraction of sp³-hybridized carbons (Fsp3) is 0.400. The Morgan fingerprint density at radius 2 is 1.95 bits per heavy atom. The molecule has 1 aromatic heterocycles. The summed E-state index contributed by atoms with van der Waals surface area (Å²) in [6.45, 7) is 7.60. The third-order valence-electron chi connectivity index (χ3n) is 3.09. The predicted molar refractivity (Wildman–Crippen MR) is 77.1 cm³/mol. The van der Waals surface area contributed by atoms with Crippen LogP contribution in [0, 0.1) is 0 Å². The van der Waals surface area contributed by atoms with Gasteiger partial charge in [-0.05, 0) is 45.0 Å². The number of ether oxygens (including phenoxy) is 1. The van der Waals surface area contributed by atoms with Crippen molar-refractivity contribution in [3.8, 4) is 17.1 Å². The first-order valence-electron chi connectivity index (χ1n) is 6.71. The third-order valence-corrected chi connectivity index (χ3v) is 3.09. The number of nitrogens with two attached hydrogens (primary N) is 1. The van der Waals surface area contributed by atoms with Crippen LogP contribution >= 0.6 is 0 Å². The average molecular weight is 259 g/mol. The van der Waals surface area contributed by atoms with E-state index in [0.29, 0.717) is 6.61 Å². The van der Waals surface area contributed by atoms with Crippen LogP contribution in [0.15, 0.2) is 30.5 Å². The highest BCUT2D eigenvalue weighted by Gasteiger charge is 2.13. The normalized spacial score (nSPS) is 12.4. The van der Waals surface area contributed by atoms with Crippen molar-refractivity contribution in [2.24, 2.45) is 5.73 Å². The minimum Gasteiger partial charge on any atom is -0.494 e. The molecule has 1 aromatic carbocycles. The molecule has 0 radical (unpaired) electrons. The lowest BCUT2D eigenvalue weighted by molar-refractivity contribution is 0.340. The van der Waals surface area contributed by atoms with E-state index in [1.165, 1.54) is 0 Å². The summed E-state index contributed by atoms with van der Waals surface area (Å²) in [5.74, 6) is 1.84. The van der Waals surface area contributed by atoms with Crippen LogP contribution in [0.25, 0.3) is 11.4 Å². The Bertz CT molecular complexity index is 529. The summed E-state index contributed by atoms with van der Waals surface area (Å²) in [7, 11) is 0. The van der Waals surface area contributed by atoms with Crippen LogP contribution in [-0.4, -0.2) is 16.2 Å². The maximum atomic E-state index is 5.96. The van der Waals surface area contributed by atoms with Gasteiger partial charge in [-0.1, -0.05) is 0 Å². The topological polar surface area (TPSA) is 53.1 Å². The smallest absolute Gasteiger partial charge is 0.140 e. The van der Waals surface area contributed by atoms with E-state index in [4.69, 9.17) is 10.5 Å². The Kier molecular flexibility index (Phi) is 4.22. The molecule has 0 aliphatic rings. The van der Waals surface area contributed by atoms with Gasteiger partial charge in [0.05, 0.1) is 18.5 Å². The van der Waals surface area contributed by atoms with Gasteiger partial charge in [-0.15, -0.1) is 0 Å². The van der Waals surface area contributed by atoms with E-state index in [2.05, 4.69) is 16.5 Å². The molecule has 1 atom stereocenters. The van der Waals surface area contributed by atoms with E-state index >= 15 is 0 Å². The van der Waals surface area contributed by atoms with E-state index in [1.807, 2.05) is 44.3 Å². The molecule has 2 aromatic rings. The van der Waals surface area contributed by atoms with E-state index in [9.17, 15) is 0 Å². The summed E-state index contributed by atoms with van der Waals surface area (Å²) >= 11 is 0. The van der Waals surface area contributed by atoms with Crippen LogP contribution in [-0.2, 0) is 6.54 Å².